The number of nitrogens with two attached hydrogens (primary N) is 1. The van der Waals surface area contributed by atoms with E-state index in [-0.39, 0.29) is 6.04 Å². The smallest absolute Gasteiger partial charge is 0.0644 e. The highest BCUT2D eigenvalue weighted by molar-refractivity contribution is 6.30. The van der Waals surface area contributed by atoms with Gasteiger partial charge in [-0.25, -0.2) is 0 Å². The maximum Gasteiger partial charge on any atom is 0.0644 e. The minimum Gasteiger partial charge on any atom is -0.324 e. The van der Waals surface area contributed by atoms with Gasteiger partial charge in [0.25, 0.3) is 0 Å². The minimum absolute atomic E-state index is 0.169. The Morgan fingerprint density at radius 2 is 2.10 bits per heavy atom. The van der Waals surface area contributed by atoms with Gasteiger partial charge < -0.3 is 5.73 Å². The predicted octanol–water partition coefficient (Wildman–Crippen LogP) is 3.42. The van der Waals surface area contributed by atoms with Crippen LogP contribution in [0.4, 0.5) is 0 Å². The fraction of sp³-hybridized carbons (Fsp3) is 0.438. The summed E-state index contributed by atoms with van der Waals surface area (Å²) in [6.45, 7) is 2.98. The quantitative estimate of drug-likeness (QED) is 0.941. The van der Waals surface area contributed by atoms with E-state index >= 15 is 0 Å². The molecule has 1 atom stereocenters. The molecule has 1 heterocycles. The van der Waals surface area contributed by atoms with Crippen molar-refractivity contribution in [3.05, 3.63) is 51.8 Å². The van der Waals surface area contributed by atoms with E-state index in [4.69, 9.17) is 17.3 Å². The first-order valence-corrected chi connectivity index (χ1v) is 7.59. The molecule has 0 aliphatic heterocycles. The van der Waals surface area contributed by atoms with Gasteiger partial charge in [-0.2, -0.15) is 5.10 Å². The number of hydrogen-bond donors (Lipinski definition) is 1. The summed E-state index contributed by atoms with van der Waals surface area (Å²) in [6, 6.07) is 8.21. The molecular formula is C16H20ClN3. The van der Waals surface area contributed by atoms with Crippen LogP contribution >= 0.6 is 11.6 Å². The summed E-state index contributed by atoms with van der Waals surface area (Å²) in [5.41, 5.74) is 11.2. The van der Waals surface area contributed by atoms with Crippen LogP contribution in [0.15, 0.2) is 24.3 Å². The minimum atomic E-state index is 0.169. The van der Waals surface area contributed by atoms with Crippen molar-refractivity contribution in [3.8, 4) is 0 Å². The van der Waals surface area contributed by atoms with Crippen molar-refractivity contribution in [1.29, 1.82) is 0 Å². The fourth-order valence-electron chi connectivity index (χ4n) is 3.09. The monoisotopic (exact) mass is 289 g/mol. The summed E-state index contributed by atoms with van der Waals surface area (Å²) in [6.07, 6.45) is 4.32. The second-order valence-corrected chi connectivity index (χ2v) is 5.98. The molecule has 1 aliphatic carbocycles. The van der Waals surface area contributed by atoms with Gasteiger partial charge >= 0.3 is 0 Å². The van der Waals surface area contributed by atoms with Crippen LogP contribution < -0.4 is 5.73 Å². The molecule has 0 spiro atoms. The van der Waals surface area contributed by atoms with E-state index in [2.05, 4.69) is 28.8 Å². The van der Waals surface area contributed by atoms with Gasteiger partial charge in [0.2, 0.25) is 0 Å². The van der Waals surface area contributed by atoms with Gasteiger partial charge in [-0.15, -0.1) is 0 Å². The molecule has 106 valence electrons. The van der Waals surface area contributed by atoms with Crippen molar-refractivity contribution in [2.45, 2.75) is 45.2 Å². The summed E-state index contributed by atoms with van der Waals surface area (Å²) < 4.78 is 2.15. The number of aryl methyl sites for hydroxylation is 3. The predicted molar refractivity (Wildman–Crippen MR) is 82.0 cm³/mol. The van der Waals surface area contributed by atoms with Crippen molar-refractivity contribution in [3.63, 3.8) is 0 Å². The van der Waals surface area contributed by atoms with Gasteiger partial charge in [0.1, 0.15) is 0 Å². The Morgan fingerprint density at radius 3 is 2.85 bits per heavy atom. The number of aromatic nitrogens is 2. The molecule has 3 rings (SSSR count). The molecule has 1 unspecified atom stereocenters. The Kier molecular flexibility index (Phi) is 3.81. The summed E-state index contributed by atoms with van der Waals surface area (Å²) in [7, 11) is 0. The van der Waals surface area contributed by atoms with Crippen LogP contribution in [-0.4, -0.2) is 9.78 Å². The van der Waals surface area contributed by atoms with Crippen molar-refractivity contribution < 1.29 is 0 Å². The lowest BCUT2D eigenvalue weighted by atomic mass is 9.92. The first-order valence-electron chi connectivity index (χ1n) is 7.21. The molecule has 2 aromatic rings. The third kappa shape index (κ3) is 2.60. The maximum atomic E-state index is 6.22. The Labute approximate surface area is 124 Å². The van der Waals surface area contributed by atoms with Crippen LogP contribution in [0, 0.1) is 6.92 Å². The fourth-order valence-corrected chi connectivity index (χ4v) is 3.22. The van der Waals surface area contributed by atoms with Gasteiger partial charge in [-0.05, 0) is 50.3 Å². The van der Waals surface area contributed by atoms with E-state index in [1.165, 1.54) is 23.2 Å². The van der Waals surface area contributed by atoms with E-state index in [9.17, 15) is 0 Å². The highest BCUT2D eigenvalue weighted by atomic mass is 35.5. The van der Waals surface area contributed by atoms with E-state index in [1.54, 1.807) is 0 Å². The number of fused-ring (bicyclic) bond motifs is 1. The molecule has 4 heteroatoms. The van der Waals surface area contributed by atoms with Crippen LogP contribution in [0.2, 0.25) is 5.02 Å². The summed E-state index contributed by atoms with van der Waals surface area (Å²) >= 11 is 5.91. The third-order valence-electron chi connectivity index (χ3n) is 4.11. The van der Waals surface area contributed by atoms with Gasteiger partial charge in [0.15, 0.2) is 0 Å². The number of nitrogens with zero attached hydrogens (tertiary/aromatic N) is 2. The lowest BCUT2D eigenvalue weighted by Crippen LogP contribution is -2.19. The van der Waals surface area contributed by atoms with Crippen LogP contribution in [-0.2, 0) is 19.4 Å². The Balaban J connectivity index is 1.78. The van der Waals surface area contributed by atoms with E-state index in [1.807, 2.05) is 12.1 Å². The second kappa shape index (κ2) is 5.58. The van der Waals surface area contributed by atoms with E-state index < -0.39 is 0 Å². The Bertz CT molecular complexity index is 601. The first kappa shape index (κ1) is 13.7. The molecule has 0 bridgehead atoms. The average molecular weight is 290 g/mol. The molecule has 20 heavy (non-hydrogen) atoms. The van der Waals surface area contributed by atoms with Crippen molar-refractivity contribution >= 4 is 11.6 Å². The molecule has 3 nitrogen and oxygen atoms in total. The van der Waals surface area contributed by atoms with Crippen LogP contribution in [0.25, 0.3) is 0 Å². The van der Waals surface area contributed by atoms with Crippen LogP contribution in [0.5, 0.6) is 0 Å². The summed E-state index contributed by atoms with van der Waals surface area (Å²) in [5.74, 6) is 0. The highest BCUT2D eigenvalue weighted by Gasteiger charge is 2.24. The van der Waals surface area contributed by atoms with Gasteiger partial charge in [0.05, 0.1) is 5.69 Å². The van der Waals surface area contributed by atoms with Crippen molar-refractivity contribution in [1.82, 2.24) is 9.78 Å². The zero-order valence-corrected chi connectivity index (χ0v) is 12.5. The number of hydrogen-bond acceptors (Lipinski definition) is 2. The zero-order valence-electron chi connectivity index (χ0n) is 11.8. The second-order valence-electron chi connectivity index (χ2n) is 5.54. The SMILES string of the molecule is Cc1nn(CCc2ccc(Cl)cc2)c2c1C(N)CCC2. The normalized spacial score (nSPS) is 18.1. The van der Waals surface area contributed by atoms with Crippen LogP contribution in [0.3, 0.4) is 0 Å². The summed E-state index contributed by atoms with van der Waals surface area (Å²) in [4.78, 5) is 0. The molecule has 1 aromatic heterocycles. The molecule has 0 saturated carbocycles. The molecule has 2 N–H and O–H groups in total. The molecule has 0 saturated heterocycles. The Hall–Kier alpha value is -1.32. The molecule has 0 radical (unpaired) electrons. The van der Waals surface area contributed by atoms with Gasteiger partial charge in [0, 0.05) is 28.9 Å². The molecule has 1 aliphatic rings. The summed E-state index contributed by atoms with van der Waals surface area (Å²) in [5, 5.41) is 5.47. The number of halogens is 1. The lowest BCUT2D eigenvalue weighted by Gasteiger charge is -2.20. The van der Waals surface area contributed by atoms with Crippen molar-refractivity contribution in [2.75, 3.05) is 0 Å². The van der Waals surface area contributed by atoms with Gasteiger partial charge in [-0.1, -0.05) is 23.7 Å². The van der Waals surface area contributed by atoms with E-state index in [0.717, 1.165) is 36.5 Å². The standard InChI is InChI=1S/C16H20ClN3/c1-11-16-14(18)3-2-4-15(16)20(19-11)10-9-12-5-7-13(17)8-6-12/h5-8,14H,2-4,9-10,18H2,1H3. The number of rotatable bonds is 3. The molecular weight excluding hydrogens is 270 g/mol. The average Bonchev–Trinajstić information content (AvgIpc) is 2.76. The Morgan fingerprint density at radius 1 is 1.35 bits per heavy atom. The van der Waals surface area contributed by atoms with Crippen molar-refractivity contribution in [2.24, 2.45) is 5.73 Å². The zero-order chi connectivity index (χ0) is 14.1. The van der Waals surface area contributed by atoms with Crippen LogP contribution in [0.1, 0.15) is 41.4 Å². The van der Waals surface area contributed by atoms with Gasteiger partial charge in [-0.3, -0.25) is 4.68 Å². The number of benzene rings is 1. The third-order valence-corrected chi connectivity index (χ3v) is 4.36. The maximum absolute atomic E-state index is 6.22. The topological polar surface area (TPSA) is 43.8 Å². The highest BCUT2D eigenvalue weighted by Crippen LogP contribution is 2.30. The van der Waals surface area contributed by atoms with E-state index in [0.29, 0.717) is 0 Å². The molecule has 1 aromatic carbocycles. The molecule has 0 amide bonds. The lowest BCUT2D eigenvalue weighted by molar-refractivity contribution is 0.521. The first-order chi connectivity index (χ1) is 9.65. The molecule has 0 fully saturated rings. The largest absolute Gasteiger partial charge is 0.324 e.